The molecule has 0 aliphatic heterocycles. The normalized spacial score (nSPS) is 12.8. The molecule has 0 saturated carbocycles. The standard InChI is InChI=1S/C27H35ClN6O5SSi/c1-32-15-14-21(31-32)26-29-30-27(34(26)25-23(38-2)8-7-9-24(25)39-3)33(16-17-41(4,5)6)40(36,37)18-22(35)19-10-12-20(28)13-11-19/h7-15,22,35H,16-18H2,1-6H3/t22-/m1/s1. The summed E-state index contributed by atoms with van der Waals surface area (Å²) in [6.07, 6.45) is 0.467. The lowest BCUT2D eigenvalue weighted by Crippen LogP contribution is -2.40. The average Bonchev–Trinajstić information content (AvgIpc) is 3.53. The monoisotopic (exact) mass is 618 g/mol. The van der Waals surface area contributed by atoms with Gasteiger partial charge in [0.25, 0.3) is 0 Å². The highest BCUT2D eigenvalue weighted by Gasteiger charge is 2.35. The van der Waals surface area contributed by atoms with E-state index in [1.165, 1.54) is 18.5 Å². The molecule has 1 atom stereocenters. The second kappa shape index (κ2) is 12.2. The zero-order valence-electron chi connectivity index (χ0n) is 23.9. The lowest BCUT2D eigenvalue weighted by atomic mass is 10.1. The molecule has 220 valence electrons. The van der Waals surface area contributed by atoms with Crippen LogP contribution < -0.4 is 13.8 Å². The van der Waals surface area contributed by atoms with Crippen LogP contribution in [-0.4, -0.2) is 72.7 Å². The smallest absolute Gasteiger partial charge is 0.246 e. The molecule has 0 saturated heterocycles. The molecular formula is C27H35ClN6O5SSi. The maximum Gasteiger partial charge on any atom is 0.246 e. The predicted molar refractivity (Wildman–Crippen MR) is 162 cm³/mol. The molecule has 1 N–H and O–H groups in total. The van der Waals surface area contributed by atoms with Crippen molar-refractivity contribution in [3.8, 4) is 28.7 Å². The summed E-state index contributed by atoms with van der Waals surface area (Å²) in [5.41, 5.74) is 1.33. The van der Waals surface area contributed by atoms with Gasteiger partial charge in [0, 0.05) is 32.9 Å². The second-order valence-electron chi connectivity index (χ2n) is 10.8. The van der Waals surface area contributed by atoms with Crippen molar-refractivity contribution in [2.45, 2.75) is 31.8 Å². The number of aromatic nitrogens is 5. The Morgan fingerprint density at radius 3 is 2.20 bits per heavy atom. The summed E-state index contributed by atoms with van der Waals surface area (Å²) >= 11 is 5.99. The molecule has 14 heteroatoms. The molecule has 0 fully saturated rings. The van der Waals surface area contributed by atoms with E-state index in [-0.39, 0.29) is 12.5 Å². The number of sulfonamides is 1. The molecule has 2 aromatic heterocycles. The number of halogens is 1. The SMILES string of the molecule is COc1cccc(OC)c1-n1c(-c2ccn(C)n2)nnc1N(CC[Si](C)(C)C)S(=O)(=O)C[C@@H](O)c1ccc(Cl)cc1. The van der Waals surface area contributed by atoms with Crippen LogP contribution in [0, 0.1) is 0 Å². The van der Waals surface area contributed by atoms with Crippen LogP contribution in [0.4, 0.5) is 5.95 Å². The predicted octanol–water partition coefficient (Wildman–Crippen LogP) is 4.55. The number of aliphatic hydroxyl groups is 1. The second-order valence-corrected chi connectivity index (χ2v) is 18.8. The summed E-state index contributed by atoms with van der Waals surface area (Å²) in [6, 6.07) is 14.1. The molecule has 2 aromatic carbocycles. The summed E-state index contributed by atoms with van der Waals surface area (Å²) < 4.78 is 44.1. The molecule has 0 unspecified atom stereocenters. The van der Waals surface area contributed by atoms with Gasteiger partial charge < -0.3 is 14.6 Å². The zero-order valence-corrected chi connectivity index (χ0v) is 26.5. The fourth-order valence-corrected chi connectivity index (χ4v) is 6.96. The minimum atomic E-state index is -4.15. The molecule has 41 heavy (non-hydrogen) atoms. The van der Waals surface area contributed by atoms with E-state index in [9.17, 15) is 13.5 Å². The summed E-state index contributed by atoms with van der Waals surface area (Å²) in [7, 11) is -1.07. The van der Waals surface area contributed by atoms with E-state index in [2.05, 4.69) is 34.9 Å². The van der Waals surface area contributed by atoms with Gasteiger partial charge in [-0.15, -0.1) is 10.2 Å². The zero-order chi connectivity index (χ0) is 29.9. The van der Waals surface area contributed by atoms with Crippen molar-refractivity contribution in [2.24, 2.45) is 7.05 Å². The molecular weight excluding hydrogens is 584 g/mol. The van der Waals surface area contributed by atoms with Gasteiger partial charge in [0.05, 0.1) is 26.1 Å². The van der Waals surface area contributed by atoms with Gasteiger partial charge in [0.2, 0.25) is 16.0 Å². The Hall–Kier alpha value is -3.39. The van der Waals surface area contributed by atoms with E-state index in [1.807, 2.05) is 0 Å². The first-order valence-electron chi connectivity index (χ1n) is 13.0. The van der Waals surface area contributed by atoms with Gasteiger partial charge in [0.1, 0.15) is 22.9 Å². The number of aliphatic hydroxyl groups excluding tert-OH is 1. The van der Waals surface area contributed by atoms with E-state index >= 15 is 0 Å². The van der Waals surface area contributed by atoms with Crippen LogP contribution in [0.15, 0.2) is 54.7 Å². The molecule has 0 radical (unpaired) electrons. The highest BCUT2D eigenvalue weighted by atomic mass is 35.5. The minimum absolute atomic E-state index is 0.0370. The summed E-state index contributed by atoms with van der Waals surface area (Å²) in [5, 5.41) is 24.8. The van der Waals surface area contributed by atoms with E-state index < -0.39 is 30.0 Å². The molecule has 4 aromatic rings. The molecule has 0 spiro atoms. The number of methoxy groups -OCH3 is 2. The summed E-state index contributed by atoms with van der Waals surface area (Å²) in [6.45, 7) is 6.62. The van der Waals surface area contributed by atoms with Gasteiger partial charge in [-0.3, -0.25) is 9.25 Å². The molecule has 0 aliphatic rings. The summed E-state index contributed by atoms with van der Waals surface area (Å²) in [5.74, 6) is 0.609. The Morgan fingerprint density at radius 2 is 1.66 bits per heavy atom. The van der Waals surface area contributed by atoms with Crippen molar-refractivity contribution in [3.63, 3.8) is 0 Å². The number of nitrogens with zero attached hydrogens (tertiary/aromatic N) is 6. The lowest BCUT2D eigenvalue weighted by Gasteiger charge is -2.28. The largest absolute Gasteiger partial charge is 0.494 e. The number of ether oxygens (including phenoxy) is 2. The molecule has 4 rings (SSSR count). The maximum absolute atomic E-state index is 14.1. The molecule has 11 nitrogen and oxygen atoms in total. The Bertz CT molecular complexity index is 1580. The van der Waals surface area contributed by atoms with Crippen molar-refractivity contribution in [3.05, 3.63) is 65.3 Å². The van der Waals surface area contributed by atoms with Crippen molar-refractivity contribution in [1.29, 1.82) is 0 Å². The number of anilines is 1. The van der Waals surface area contributed by atoms with E-state index in [1.54, 1.807) is 71.0 Å². The summed E-state index contributed by atoms with van der Waals surface area (Å²) in [4.78, 5) is 0. The van der Waals surface area contributed by atoms with Gasteiger partial charge in [-0.1, -0.05) is 49.4 Å². The first kappa shape index (κ1) is 30.6. The van der Waals surface area contributed by atoms with Crippen molar-refractivity contribution in [2.75, 3.05) is 30.8 Å². The first-order chi connectivity index (χ1) is 19.3. The molecule has 0 bridgehead atoms. The first-order valence-corrected chi connectivity index (χ1v) is 18.6. The molecule has 0 amide bonds. The van der Waals surface area contributed by atoms with Crippen LogP contribution in [0.1, 0.15) is 11.7 Å². The number of hydrogen-bond donors (Lipinski definition) is 1. The average molecular weight is 619 g/mol. The maximum atomic E-state index is 14.1. The van der Waals surface area contributed by atoms with E-state index in [0.29, 0.717) is 45.3 Å². The van der Waals surface area contributed by atoms with Crippen LogP contribution in [0.25, 0.3) is 17.2 Å². The third kappa shape index (κ3) is 6.92. The molecule has 0 aliphatic carbocycles. The van der Waals surface area contributed by atoms with E-state index in [4.69, 9.17) is 21.1 Å². The fraction of sp³-hybridized carbons (Fsp3) is 0.370. The van der Waals surface area contributed by atoms with Crippen LogP contribution in [0.5, 0.6) is 11.5 Å². The topological polar surface area (TPSA) is 125 Å². The van der Waals surface area contributed by atoms with Gasteiger partial charge in [-0.25, -0.2) is 12.7 Å². The van der Waals surface area contributed by atoms with Crippen molar-refractivity contribution in [1.82, 2.24) is 24.5 Å². The van der Waals surface area contributed by atoms with Crippen molar-refractivity contribution < 1.29 is 23.0 Å². The van der Waals surface area contributed by atoms with Crippen LogP contribution in [-0.2, 0) is 17.1 Å². The number of benzene rings is 2. The number of hydrogen-bond acceptors (Lipinski definition) is 8. The Balaban J connectivity index is 1.92. The lowest BCUT2D eigenvalue weighted by molar-refractivity contribution is 0.201. The van der Waals surface area contributed by atoms with E-state index in [0.717, 1.165) is 0 Å². The van der Waals surface area contributed by atoms with Crippen LogP contribution >= 0.6 is 11.6 Å². The van der Waals surface area contributed by atoms with Gasteiger partial charge in [-0.2, -0.15) is 5.10 Å². The number of aryl methyl sites for hydroxylation is 1. The Morgan fingerprint density at radius 1 is 1.02 bits per heavy atom. The van der Waals surface area contributed by atoms with Crippen LogP contribution in [0.2, 0.25) is 30.7 Å². The fourth-order valence-electron chi connectivity index (χ4n) is 4.27. The third-order valence-electron chi connectivity index (χ3n) is 6.46. The molecule has 2 heterocycles. The van der Waals surface area contributed by atoms with Gasteiger partial charge >= 0.3 is 0 Å². The van der Waals surface area contributed by atoms with Gasteiger partial charge in [-0.05, 0) is 41.9 Å². The van der Waals surface area contributed by atoms with Crippen LogP contribution in [0.3, 0.4) is 0 Å². The quantitative estimate of drug-likeness (QED) is 0.229. The minimum Gasteiger partial charge on any atom is -0.494 e. The van der Waals surface area contributed by atoms with Gasteiger partial charge in [0.15, 0.2) is 5.82 Å². The Kier molecular flexibility index (Phi) is 9.12. The highest BCUT2D eigenvalue weighted by molar-refractivity contribution is 7.92. The number of para-hydroxylation sites is 1. The number of rotatable bonds is 12. The highest BCUT2D eigenvalue weighted by Crippen LogP contribution is 2.39. The Labute approximate surface area is 246 Å². The third-order valence-corrected chi connectivity index (χ3v) is 10.2. The van der Waals surface area contributed by atoms with Crippen molar-refractivity contribution >= 4 is 35.6 Å².